The smallest absolute Gasteiger partial charge is 0.247 e. The molecule has 0 amide bonds. The van der Waals surface area contributed by atoms with Gasteiger partial charge in [0.15, 0.2) is 0 Å². The number of aryl methyl sites for hydroxylation is 2. The fraction of sp³-hybridized carbons (Fsp3) is 0.344. The molecule has 0 fully saturated rings. The minimum Gasteiger partial charge on any atom is -0.310 e. The van der Waals surface area contributed by atoms with Crippen LogP contribution in [0.2, 0.25) is 0 Å². The summed E-state index contributed by atoms with van der Waals surface area (Å²) in [6, 6.07) is 44.5. The molecule has 2 nitrogen and oxygen atoms in total. The second-order valence-electron chi connectivity index (χ2n) is 24.3. The summed E-state index contributed by atoms with van der Waals surface area (Å²) in [4.78, 5) is 0. The van der Waals surface area contributed by atoms with Crippen LogP contribution in [0.4, 0.5) is 0 Å². The van der Waals surface area contributed by atoms with Crippen LogP contribution in [0.3, 0.4) is 0 Å². The number of rotatable bonds is 6. The average Bonchev–Trinajstić information content (AvgIpc) is 3.78. The van der Waals surface area contributed by atoms with E-state index in [0.29, 0.717) is 23.7 Å². The molecule has 9 aromatic rings. The van der Waals surface area contributed by atoms with Gasteiger partial charge in [0.2, 0.25) is 13.4 Å². The Kier molecular flexibility index (Phi) is 10.1. The Balaban J connectivity index is 1.40. The van der Waals surface area contributed by atoms with E-state index in [-0.39, 0.29) is 24.3 Å². The molecule has 2 aliphatic rings. The molecule has 2 aromatic heterocycles. The maximum atomic E-state index is 2.70. The minimum atomic E-state index is -0.0450. The van der Waals surface area contributed by atoms with Gasteiger partial charge in [0.05, 0.1) is 11.0 Å². The fourth-order valence-electron chi connectivity index (χ4n) is 12.7. The molecule has 68 heavy (non-hydrogen) atoms. The summed E-state index contributed by atoms with van der Waals surface area (Å²) in [6.45, 7) is 38.1. The maximum Gasteiger partial charge on any atom is 0.247 e. The quantitative estimate of drug-likeness (QED) is 0.147. The molecular formula is C64H70B2N2. The van der Waals surface area contributed by atoms with Gasteiger partial charge < -0.3 is 9.13 Å². The lowest BCUT2D eigenvalue weighted by Crippen LogP contribution is -2.62. The van der Waals surface area contributed by atoms with E-state index < -0.39 is 0 Å². The van der Waals surface area contributed by atoms with Crippen molar-refractivity contribution in [1.29, 1.82) is 0 Å². The highest BCUT2D eigenvalue weighted by Crippen LogP contribution is 2.41. The Morgan fingerprint density at radius 1 is 0.382 bits per heavy atom. The average molecular weight is 889 g/mol. The predicted octanol–water partition coefficient (Wildman–Crippen LogP) is 13.2. The van der Waals surface area contributed by atoms with E-state index in [1.54, 1.807) is 0 Å². The Bertz CT molecular complexity index is 3280. The maximum absolute atomic E-state index is 2.70. The zero-order chi connectivity index (χ0) is 48.2. The third-order valence-corrected chi connectivity index (χ3v) is 16.1. The van der Waals surface area contributed by atoms with Gasteiger partial charge in [0.25, 0.3) is 0 Å². The lowest BCUT2D eigenvalue weighted by atomic mass is 9.31. The van der Waals surface area contributed by atoms with Crippen LogP contribution in [-0.2, 0) is 10.8 Å². The molecule has 11 rings (SSSR count). The molecule has 2 aliphatic heterocycles. The zero-order valence-electron chi connectivity index (χ0n) is 43.8. The summed E-state index contributed by atoms with van der Waals surface area (Å²) in [5.74, 6) is 1.42. The van der Waals surface area contributed by atoms with E-state index >= 15 is 0 Å². The van der Waals surface area contributed by atoms with Crippen LogP contribution < -0.4 is 32.8 Å². The van der Waals surface area contributed by atoms with Crippen LogP contribution in [0.1, 0.15) is 165 Å². The third-order valence-electron chi connectivity index (χ3n) is 16.1. The summed E-state index contributed by atoms with van der Waals surface area (Å²) in [7, 11) is 0. The van der Waals surface area contributed by atoms with E-state index in [4.69, 9.17) is 0 Å². The molecule has 4 heterocycles. The molecule has 0 saturated carbocycles. The Hall–Kier alpha value is -5.73. The van der Waals surface area contributed by atoms with Gasteiger partial charge in [-0.2, -0.15) is 0 Å². The molecule has 0 radical (unpaired) electrons. The highest BCUT2D eigenvalue weighted by atomic mass is 15.0. The number of benzene rings is 7. The van der Waals surface area contributed by atoms with Crippen molar-refractivity contribution in [3.8, 4) is 11.4 Å². The second-order valence-corrected chi connectivity index (χ2v) is 24.3. The van der Waals surface area contributed by atoms with Crippen molar-refractivity contribution >= 4 is 89.8 Å². The first kappa shape index (κ1) is 44.8. The summed E-state index contributed by atoms with van der Waals surface area (Å²) >= 11 is 0. The lowest BCUT2D eigenvalue weighted by Gasteiger charge is -2.36. The van der Waals surface area contributed by atoms with E-state index in [9.17, 15) is 0 Å². The summed E-state index contributed by atoms with van der Waals surface area (Å²) in [5.41, 5.74) is 27.7. The summed E-state index contributed by atoms with van der Waals surface area (Å²) in [6.07, 6.45) is 0. The van der Waals surface area contributed by atoms with Gasteiger partial charge in [0, 0.05) is 44.0 Å². The Labute approximate surface area is 407 Å². The van der Waals surface area contributed by atoms with Gasteiger partial charge in [0.1, 0.15) is 0 Å². The number of nitrogens with zero attached hydrogens (tertiary/aromatic N) is 2. The fourth-order valence-corrected chi connectivity index (χ4v) is 12.7. The molecule has 0 saturated heterocycles. The molecule has 0 N–H and O–H groups in total. The van der Waals surface area contributed by atoms with Gasteiger partial charge in [-0.05, 0) is 152 Å². The van der Waals surface area contributed by atoms with E-state index in [2.05, 4.69) is 229 Å². The SMILES string of the molecule is Cc1ccc2c(c1)c1cc(C(C)(C)C)cc3c1n2-c1cc2c(cc1B3c1c(C(C)C)cccc1C(C)C)-n1c3ccc(C)cc3c3cc(C(C)(C)C)cc(c31)B2c1c(C(C)C)cccc1C(C)C. The van der Waals surface area contributed by atoms with E-state index in [0.717, 1.165) is 0 Å². The number of hydrogen-bond donors (Lipinski definition) is 0. The highest BCUT2D eigenvalue weighted by Gasteiger charge is 2.43. The molecule has 4 heteroatoms. The zero-order valence-corrected chi connectivity index (χ0v) is 43.8. The first-order chi connectivity index (χ1) is 32.1. The van der Waals surface area contributed by atoms with Crippen molar-refractivity contribution in [1.82, 2.24) is 9.13 Å². The Morgan fingerprint density at radius 2 is 0.721 bits per heavy atom. The van der Waals surface area contributed by atoms with E-state index in [1.807, 2.05) is 0 Å². The molecule has 0 bridgehead atoms. The van der Waals surface area contributed by atoms with Crippen molar-refractivity contribution in [3.63, 3.8) is 0 Å². The topological polar surface area (TPSA) is 9.86 Å². The van der Waals surface area contributed by atoms with Crippen molar-refractivity contribution in [3.05, 3.63) is 154 Å². The summed E-state index contributed by atoms with van der Waals surface area (Å²) in [5, 5.41) is 5.42. The monoisotopic (exact) mass is 889 g/mol. The van der Waals surface area contributed by atoms with Crippen LogP contribution in [0.25, 0.3) is 55.0 Å². The summed E-state index contributed by atoms with van der Waals surface area (Å²) < 4.78 is 5.40. The molecular weight excluding hydrogens is 818 g/mol. The molecule has 0 spiro atoms. The molecule has 7 aromatic carbocycles. The van der Waals surface area contributed by atoms with Crippen LogP contribution >= 0.6 is 0 Å². The highest BCUT2D eigenvalue weighted by molar-refractivity contribution is 7.00. The standard InChI is InChI=1S/C64H70B2N2/c1-35(2)43-19-17-20-44(36(3)4)59(43)65-51-33-58-52(34-57(51)67-55-25-23-39(9)27-47(55)49-29-41(63(11,12)13)31-53(65)61(49)67)66(60-45(37(5)6)21-18-22-46(60)38(7)8)54-32-42(64(14,15)16)30-50-48-28-40(10)24-26-56(48)68(58)62(50)54/h17-38H,1-16H3. The number of aromatic nitrogens is 2. The van der Waals surface area contributed by atoms with Crippen molar-refractivity contribution in [2.45, 2.75) is 145 Å². The first-order valence-electron chi connectivity index (χ1n) is 25.8. The number of hydrogen-bond acceptors (Lipinski definition) is 0. The number of fused-ring (bicyclic) bond motifs is 10. The van der Waals surface area contributed by atoms with Gasteiger partial charge in [-0.15, -0.1) is 0 Å². The minimum absolute atomic E-state index is 0.0193. The Morgan fingerprint density at radius 3 is 1.03 bits per heavy atom. The largest absolute Gasteiger partial charge is 0.310 e. The van der Waals surface area contributed by atoms with Crippen LogP contribution in [0, 0.1) is 13.8 Å². The third kappa shape index (κ3) is 6.52. The van der Waals surface area contributed by atoms with Crippen molar-refractivity contribution in [2.75, 3.05) is 0 Å². The van der Waals surface area contributed by atoms with Crippen LogP contribution in [0.5, 0.6) is 0 Å². The van der Waals surface area contributed by atoms with Crippen molar-refractivity contribution < 1.29 is 0 Å². The normalized spacial score (nSPS) is 13.8. The van der Waals surface area contributed by atoms with Crippen LogP contribution in [0.15, 0.2) is 109 Å². The lowest BCUT2D eigenvalue weighted by molar-refractivity contribution is 0.591. The molecule has 0 atom stereocenters. The van der Waals surface area contributed by atoms with E-state index in [1.165, 1.54) is 132 Å². The van der Waals surface area contributed by atoms with Gasteiger partial charge in [-0.25, -0.2) is 0 Å². The van der Waals surface area contributed by atoms with Crippen LogP contribution in [-0.4, -0.2) is 22.6 Å². The van der Waals surface area contributed by atoms with Gasteiger partial charge in [-0.1, -0.05) is 180 Å². The predicted molar refractivity (Wildman–Crippen MR) is 301 cm³/mol. The van der Waals surface area contributed by atoms with Crippen molar-refractivity contribution in [2.24, 2.45) is 0 Å². The second kappa shape index (κ2) is 15.4. The first-order valence-corrected chi connectivity index (χ1v) is 25.8. The molecule has 0 unspecified atom stereocenters. The molecule has 342 valence electrons. The van der Waals surface area contributed by atoms with Gasteiger partial charge in [-0.3, -0.25) is 0 Å². The van der Waals surface area contributed by atoms with Gasteiger partial charge >= 0.3 is 0 Å². The molecule has 0 aliphatic carbocycles.